The van der Waals surface area contributed by atoms with Crippen molar-refractivity contribution in [1.29, 1.82) is 0 Å². The molecule has 2 N–H and O–H groups in total. The van der Waals surface area contributed by atoms with Crippen LogP contribution in [0.2, 0.25) is 0 Å². The van der Waals surface area contributed by atoms with Gasteiger partial charge >= 0.3 is 0 Å². The van der Waals surface area contributed by atoms with E-state index in [9.17, 15) is 0 Å². The molecule has 4 heteroatoms. The van der Waals surface area contributed by atoms with Gasteiger partial charge in [0, 0.05) is 19.8 Å². The van der Waals surface area contributed by atoms with E-state index in [4.69, 9.17) is 18.0 Å². The van der Waals surface area contributed by atoms with Gasteiger partial charge < -0.3 is 10.6 Å². The van der Waals surface area contributed by atoms with Crippen molar-refractivity contribution < 1.29 is 0 Å². The second kappa shape index (κ2) is 4.78. The Labute approximate surface area is 103 Å². The summed E-state index contributed by atoms with van der Waals surface area (Å²) in [7, 11) is 2.03. The zero-order valence-corrected chi connectivity index (χ0v) is 11.1. The number of nitrogens with two attached hydrogens (primary N) is 1. The van der Waals surface area contributed by atoms with E-state index in [1.165, 1.54) is 0 Å². The fourth-order valence-corrected chi connectivity index (χ4v) is 1.85. The molecule has 0 atom stereocenters. The Balaban J connectivity index is 2.99. The number of hydrogen-bond donors (Lipinski definition) is 1. The fourth-order valence-electron chi connectivity index (χ4n) is 1.69. The van der Waals surface area contributed by atoms with E-state index in [2.05, 4.69) is 30.7 Å². The summed E-state index contributed by atoms with van der Waals surface area (Å²) in [5, 5.41) is 0. The monoisotopic (exact) mass is 237 g/mol. The molecule has 0 saturated heterocycles. The molecule has 88 valence electrons. The lowest BCUT2D eigenvalue weighted by atomic mass is 9.96. The normalized spacial score (nSPS) is 11.2. The maximum atomic E-state index is 5.66. The molecule has 0 radical (unpaired) electrons. The lowest BCUT2D eigenvalue weighted by Crippen LogP contribution is -2.31. The molecule has 1 rings (SSSR count). The Bertz CT molecular complexity index is 382. The predicted octanol–water partition coefficient (Wildman–Crippen LogP) is 2.20. The highest BCUT2D eigenvalue weighted by Crippen LogP contribution is 2.22. The summed E-state index contributed by atoms with van der Waals surface area (Å²) in [5.41, 5.74) is 7.57. The van der Waals surface area contributed by atoms with Crippen molar-refractivity contribution in [2.24, 2.45) is 11.1 Å². The standard InChI is InChI=1S/C12H19N3S/c1-12(2,3)8-15(4)9-6-5-7-14-10(9)11(13)16/h5-7H,8H2,1-4H3,(H2,13,16). The Kier molecular flexibility index (Phi) is 3.86. The summed E-state index contributed by atoms with van der Waals surface area (Å²) in [6.45, 7) is 7.51. The van der Waals surface area contributed by atoms with E-state index in [1.807, 2.05) is 19.2 Å². The van der Waals surface area contributed by atoms with Gasteiger partial charge in [-0.1, -0.05) is 33.0 Å². The Morgan fingerprint density at radius 2 is 2.12 bits per heavy atom. The molecule has 0 aliphatic heterocycles. The second-order valence-corrected chi connectivity index (χ2v) is 5.59. The summed E-state index contributed by atoms with van der Waals surface area (Å²) < 4.78 is 0. The van der Waals surface area contributed by atoms with Crippen molar-refractivity contribution in [1.82, 2.24) is 4.98 Å². The topological polar surface area (TPSA) is 42.2 Å². The average Bonchev–Trinajstić information content (AvgIpc) is 2.15. The number of nitrogens with zero attached hydrogens (tertiary/aromatic N) is 2. The molecule has 1 aromatic heterocycles. The first-order chi connectivity index (χ1) is 7.31. The van der Waals surface area contributed by atoms with Gasteiger partial charge in [-0.2, -0.15) is 0 Å². The Hall–Kier alpha value is -1.16. The van der Waals surface area contributed by atoms with Crippen LogP contribution in [0.5, 0.6) is 0 Å². The fraction of sp³-hybridized carbons (Fsp3) is 0.500. The molecule has 0 spiro atoms. The first-order valence-electron chi connectivity index (χ1n) is 5.27. The lowest BCUT2D eigenvalue weighted by Gasteiger charge is -2.29. The summed E-state index contributed by atoms with van der Waals surface area (Å²) >= 11 is 5.00. The average molecular weight is 237 g/mol. The first kappa shape index (κ1) is 12.9. The maximum Gasteiger partial charge on any atom is 0.124 e. The molecule has 0 aliphatic carbocycles. The van der Waals surface area contributed by atoms with E-state index in [0.717, 1.165) is 12.2 Å². The molecule has 1 heterocycles. The van der Waals surface area contributed by atoms with Gasteiger partial charge in [0.25, 0.3) is 0 Å². The lowest BCUT2D eigenvalue weighted by molar-refractivity contribution is 0.419. The van der Waals surface area contributed by atoms with Gasteiger partial charge in [-0.05, 0) is 17.5 Å². The van der Waals surface area contributed by atoms with Crippen LogP contribution < -0.4 is 10.6 Å². The number of aromatic nitrogens is 1. The zero-order valence-electron chi connectivity index (χ0n) is 10.3. The molecule has 0 amide bonds. The van der Waals surface area contributed by atoms with Gasteiger partial charge in [0.1, 0.15) is 10.7 Å². The summed E-state index contributed by atoms with van der Waals surface area (Å²) in [6, 6.07) is 3.89. The molecular weight excluding hydrogens is 218 g/mol. The summed E-state index contributed by atoms with van der Waals surface area (Å²) in [4.78, 5) is 6.71. The van der Waals surface area contributed by atoms with Crippen LogP contribution in [0.1, 0.15) is 26.5 Å². The number of anilines is 1. The zero-order chi connectivity index (χ0) is 12.3. The predicted molar refractivity (Wildman–Crippen MR) is 72.8 cm³/mol. The third-order valence-electron chi connectivity index (χ3n) is 2.14. The van der Waals surface area contributed by atoms with Crippen molar-refractivity contribution in [3.8, 4) is 0 Å². The highest BCUT2D eigenvalue weighted by Gasteiger charge is 2.17. The van der Waals surface area contributed by atoms with Crippen LogP contribution in [0.3, 0.4) is 0 Å². The quantitative estimate of drug-likeness (QED) is 0.818. The van der Waals surface area contributed by atoms with Gasteiger partial charge in [-0.15, -0.1) is 0 Å². The second-order valence-electron chi connectivity index (χ2n) is 5.15. The molecule has 1 aromatic rings. The molecule has 0 fully saturated rings. The van der Waals surface area contributed by atoms with E-state index < -0.39 is 0 Å². The van der Waals surface area contributed by atoms with Crippen LogP contribution in [-0.4, -0.2) is 23.6 Å². The maximum absolute atomic E-state index is 5.66. The van der Waals surface area contributed by atoms with Crippen LogP contribution in [0, 0.1) is 5.41 Å². The van der Waals surface area contributed by atoms with E-state index in [-0.39, 0.29) is 5.41 Å². The third-order valence-corrected chi connectivity index (χ3v) is 2.34. The minimum absolute atomic E-state index is 0.220. The number of pyridine rings is 1. The number of thiocarbonyl (C=S) groups is 1. The molecule has 0 aliphatic rings. The molecule has 16 heavy (non-hydrogen) atoms. The van der Waals surface area contributed by atoms with Crippen LogP contribution in [0.15, 0.2) is 18.3 Å². The highest BCUT2D eigenvalue weighted by atomic mass is 32.1. The Morgan fingerprint density at radius 1 is 1.50 bits per heavy atom. The van der Waals surface area contributed by atoms with Crippen molar-refractivity contribution in [3.05, 3.63) is 24.0 Å². The molecule has 0 bridgehead atoms. The summed E-state index contributed by atoms with van der Waals surface area (Å²) in [6.07, 6.45) is 1.71. The van der Waals surface area contributed by atoms with Crippen molar-refractivity contribution >= 4 is 22.9 Å². The minimum Gasteiger partial charge on any atom is -0.388 e. The van der Waals surface area contributed by atoms with Crippen molar-refractivity contribution in [2.75, 3.05) is 18.5 Å². The highest BCUT2D eigenvalue weighted by molar-refractivity contribution is 7.80. The van der Waals surface area contributed by atoms with Crippen LogP contribution in [0.25, 0.3) is 0 Å². The van der Waals surface area contributed by atoms with Crippen molar-refractivity contribution in [3.63, 3.8) is 0 Å². The molecule has 0 aromatic carbocycles. The van der Waals surface area contributed by atoms with Gasteiger partial charge in [-0.25, -0.2) is 0 Å². The van der Waals surface area contributed by atoms with Crippen LogP contribution in [-0.2, 0) is 0 Å². The number of rotatable bonds is 3. The smallest absolute Gasteiger partial charge is 0.124 e. The van der Waals surface area contributed by atoms with Gasteiger partial charge in [0.05, 0.1) is 5.69 Å². The van der Waals surface area contributed by atoms with Crippen LogP contribution in [0.4, 0.5) is 5.69 Å². The van der Waals surface area contributed by atoms with E-state index >= 15 is 0 Å². The molecule has 0 unspecified atom stereocenters. The minimum atomic E-state index is 0.220. The van der Waals surface area contributed by atoms with Gasteiger partial charge in [0.2, 0.25) is 0 Å². The molecule has 0 saturated carbocycles. The summed E-state index contributed by atoms with van der Waals surface area (Å²) in [5.74, 6) is 0. The van der Waals surface area contributed by atoms with E-state index in [1.54, 1.807) is 6.20 Å². The third kappa shape index (κ3) is 3.45. The van der Waals surface area contributed by atoms with Crippen LogP contribution >= 0.6 is 12.2 Å². The molecule has 3 nitrogen and oxygen atoms in total. The largest absolute Gasteiger partial charge is 0.388 e. The molecular formula is C12H19N3S. The first-order valence-corrected chi connectivity index (χ1v) is 5.68. The Morgan fingerprint density at radius 3 is 2.62 bits per heavy atom. The van der Waals surface area contributed by atoms with Gasteiger partial charge in [0.15, 0.2) is 0 Å². The number of hydrogen-bond acceptors (Lipinski definition) is 3. The van der Waals surface area contributed by atoms with Crippen molar-refractivity contribution in [2.45, 2.75) is 20.8 Å². The SMILES string of the molecule is CN(CC(C)(C)C)c1cccnc1C(N)=S. The van der Waals surface area contributed by atoms with Gasteiger partial charge in [-0.3, -0.25) is 4.98 Å². The van der Waals surface area contributed by atoms with E-state index in [0.29, 0.717) is 10.7 Å².